The van der Waals surface area contributed by atoms with Crippen LogP contribution >= 0.6 is 0 Å². The molecule has 0 saturated carbocycles. The molecule has 6 heteroatoms. The number of pyridine rings is 1. The molecule has 0 atom stereocenters. The van der Waals surface area contributed by atoms with Gasteiger partial charge in [-0.25, -0.2) is 9.59 Å². The third-order valence-corrected chi connectivity index (χ3v) is 2.21. The highest BCUT2D eigenvalue weighted by Gasteiger charge is 2.23. The second kappa shape index (κ2) is 5.69. The SMILES string of the molecule is CCN(C(=O)OC(C)(C)C)c1cncc(C(=O)O)c1. The molecule has 104 valence electrons. The summed E-state index contributed by atoms with van der Waals surface area (Å²) >= 11 is 0. The van der Waals surface area contributed by atoms with E-state index in [0.717, 1.165) is 0 Å². The van der Waals surface area contributed by atoms with E-state index in [1.54, 1.807) is 27.7 Å². The van der Waals surface area contributed by atoms with E-state index in [1.165, 1.54) is 23.4 Å². The van der Waals surface area contributed by atoms with E-state index in [-0.39, 0.29) is 5.56 Å². The molecule has 1 aromatic heterocycles. The number of hydrogen-bond acceptors (Lipinski definition) is 4. The predicted molar refractivity (Wildman–Crippen MR) is 70.5 cm³/mol. The molecule has 0 aliphatic rings. The number of carboxylic acids is 1. The summed E-state index contributed by atoms with van der Waals surface area (Å²) in [6.07, 6.45) is 2.13. The number of ether oxygens (including phenoxy) is 1. The summed E-state index contributed by atoms with van der Waals surface area (Å²) in [5.74, 6) is -1.09. The number of rotatable bonds is 3. The zero-order valence-corrected chi connectivity index (χ0v) is 11.5. The minimum Gasteiger partial charge on any atom is -0.478 e. The van der Waals surface area contributed by atoms with Crippen LogP contribution in [0.15, 0.2) is 18.5 Å². The second-order valence-electron chi connectivity index (χ2n) is 4.96. The summed E-state index contributed by atoms with van der Waals surface area (Å²) < 4.78 is 5.26. The van der Waals surface area contributed by atoms with Crippen LogP contribution in [-0.2, 0) is 4.74 Å². The topological polar surface area (TPSA) is 79.7 Å². The lowest BCUT2D eigenvalue weighted by molar-refractivity contribution is 0.0580. The van der Waals surface area contributed by atoms with E-state index in [0.29, 0.717) is 12.2 Å². The normalized spacial score (nSPS) is 10.9. The third kappa shape index (κ3) is 4.24. The highest BCUT2D eigenvalue weighted by Crippen LogP contribution is 2.18. The van der Waals surface area contributed by atoms with E-state index in [1.807, 2.05) is 0 Å². The molecule has 0 spiro atoms. The standard InChI is InChI=1S/C13H18N2O4/c1-5-15(12(18)19-13(2,3)4)10-6-9(11(16)17)7-14-8-10/h6-8H,5H2,1-4H3,(H,16,17). The molecule has 0 bridgehead atoms. The van der Waals surface area contributed by atoms with Crippen molar-refractivity contribution >= 4 is 17.7 Å². The lowest BCUT2D eigenvalue weighted by Gasteiger charge is -2.26. The average molecular weight is 266 g/mol. The van der Waals surface area contributed by atoms with Crippen molar-refractivity contribution in [1.29, 1.82) is 0 Å². The minimum absolute atomic E-state index is 0.0273. The Labute approximate surface area is 112 Å². The van der Waals surface area contributed by atoms with Crippen molar-refractivity contribution in [3.05, 3.63) is 24.0 Å². The highest BCUT2D eigenvalue weighted by atomic mass is 16.6. The van der Waals surface area contributed by atoms with Gasteiger partial charge >= 0.3 is 12.1 Å². The van der Waals surface area contributed by atoms with Gasteiger partial charge in [-0.1, -0.05) is 0 Å². The maximum absolute atomic E-state index is 12.0. The number of nitrogens with zero attached hydrogens (tertiary/aromatic N) is 2. The van der Waals surface area contributed by atoms with Crippen molar-refractivity contribution < 1.29 is 19.4 Å². The van der Waals surface area contributed by atoms with Crippen LogP contribution in [0.5, 0.6) is 0 Å². The van der Waals surface area contributed by atoms with Gasteiger partial charge in [-0.15, -0.1) is 0 Å². The Kier molecular flexibility index (Phi) is 4.47. The van der Waals surface area contributed by atoms with Crippen molar-refractivity contribution in [1.82, 2.24) is 4.98 Å². The van der Waals surface area contributed by atoms with Crippen LogP contribution in [0.2, 0.25) is 0 Å². The third-order valence-electron chi connectivity index (χ3n) is 2.21. The second-order valence-corrected chi connectivity index (χ2v) is 4.96. The largest absolute Gasteiger partial charge is 0.478 e. The Morgan fingerprint density at radius 2 is 2.00 bits per heavy atom. The summed E-state index contributed by atoms with van der Waals surface area (Å²) in [6, 6.07) is 1.39. The molecule has 1 rings (SSSR count). The number of carbonyl (C=O) groups is 2. The van der Waals surface area contributed by atoms with Crippen LogP contribution in [0.3, 0.4) is 0 Å². The van der Waals surface area contributed by atoms with Crippen LogP contribution < -0.4 is 4.90 Å². The van der Waals surface area contributed by atoms with Crippen molar-refractivity contribution in [2.45, 2.75) is 33.3 Å². The van der Waals surface area contributed by atoms with Crippen LogP contribution in [-0.4, -0.2) is 34.3 Å². The lowest BCUT2D eigenvalue weighted by Crippen LogP contribution is -2.36. The van der Waals surface area contributed by atoms with E-state index < -0.39 is 17.7 Å². The summed E-state index contributed by atoms with van der Waals surface area (Å²) in [5, 5.41) is 8.91. The van der Waals surface area contributed by atoms with E-state index in [2.05, 4.69) is 4.98 Å². The summed E-state index contributed by atoms with van der Waals surface area (Å²) in [5.41, 5.74) is -0.182. The molecule has 0 unspecified atom stereocenters. The number of carboxylic acid groups (broad SMARTS) is 1. The maximum atomic E-state index is 12.0. The van der Waals surface area contributed by atoms with Crippen LogP contribution in [0.4, 0.5) is 10.5 Å². The van der Waals surface area contributed by atoms with Gasteiger partial charge in [0, 0.05) is 12.7 Å². The van der Waals surface area contributed by atoms with Crippen molar-refractivity contribution in [2.75, 3.05) is 11.4 Å². The number of aromatic nitrogens is 1. The van der Waals surface area contributed by atoms with E-state index >= 15 is 0 Å². The van der Waals surface area contributed by atoms with Gasteiger partial charge in [-0.3, -0.25) is 9.88 Å². The van der Waals surface area contributed by atoms with Gasteiger partial charge in [0.1, 0.15) is 5.60 Å². The van der Waals surface area contributed by atoms with Crippen LogP contribution in [0.1, 0.15) is 38.1 Å². The molecule has 0 aliphatic heterocycles. The molecular weight excluding hydrogens is 248 g/mol. The fourth-order valence-corrected chi connectivity index (χ4v) is 1.43. The molecule has 1 N–H and O–H groups in total. The summed E-state index contributed by atoms with van der Waals surface area (Å²) in [6.45, 7) is 7.44. The first-order valence-electron chi connectivity index (χ1n) is 5.93. The van der Waals surface area contributed by atoms with Gasteiger partial charge in [0.05, 0.1) is 17.4 Å². The Hall–Kier alpha value is -2.11. The van der Waals surface area contributed by atoms with Gasteiger partial charge in [-0.05, 0) is 33.8 Å². The first-order chi connectivity index (χ1) is 8.74. The van der Waals surface area contributed by atoms with Crippen molar-refractivity contribution in [3.8, 4) is 0 Å². The molecule has 0 aromatic carbocycles. The quantitative estimate of drug-likeness (QED) is 0.909. The van der Waals surface area contributed by atoms with E-state index in [4.69, 9.17) is 9.84 Å². The molecule has 1 heterocycles. The fraction of sp³-hybridized carbons (Fsp3) is 0.462. The number of hydrogen-bond donors (Lipinski definition) is 1. The van der Waals surface area contributed by atoms with Gasteiger partial charge in [0.15, 0.2) is 0 Å². The van der Waals surface area contributed by atoms with Gasteiger partial charge < -0.3 is 9.84 Å². The molecular formula is C13H18N2O4. The van der Waals surface area contributed by atoms with Gasteiger partial charge in [0.2, 0.25) is 0 Å². The smallest absolute Gasteiger partial charge is 0.414 e. The predicted octanol–water partition coefficient (Wildman–Crippen LogP) is 2.54. The lowest BCUT2D eigenvalue weighted by atomic mass is 10.2. The Morgan fingerprint density at radius 3 is 2.47 bits per heavy atom. The zero-order chi connectivity index (χ0) is 14.6. The molecule has 19 heavy (non-hydrogen) atoms. The van der Waals surface area contributed by atoms with Crippen molar-refractivity contribution in [3.63, 3.8) is 0 Å². The molecule has 0 saturated heterocycles. The van der Waals surface area contributed by atoms with Crippen LogP contribution in [0, 0.1) is 0 Å². The van der Waals surface area contributed by atoms with E-state index in [9.17, 15) is 9.59 Å². The minimum atomic E-state index is -1.09. The Balaban J connectivity index is 3.00. The van der Waals surface area contributed by atoms with Gasteiger partial charge in [0.25, 0.3) is 0 Å². The molecule has 0 fully saturated rings. The van der Waals surface area contributed by atoms with Crippen molar-refractivity contribution in [2.24, 2.45) is 0 Å². The summed E-state index contributed by atoms with van der Waals surface area (Å²) in [7, 11) is 0. The summed E-state index contributed by atoms with van der Waals surface area (Å²) in [4.78, 5) is 28.0. The molecule has 0 aliphatic carbocycles. The highest BCUT2D eigenvalue weighted by molar-refractivity contribution is 5.92. The number of amides is 1. The van der Waals surface area contributed by atoms with Gasteiger partial charge in [-0.2, -0.15) is 0 Å². The Morgan fingerprint density at radius 1 is 1.37 bits per heavy atom. The number of anilines is 1. The molecule has 1 aromatic rings. The Bertz CT molecular complexity index is 480. The zero-order valence-electron chi connectivity index (χ0n) is 11.5. The monoisotopic (exact) mass is 266 g/mol. The average Bonchev–Trinajstić information content (AvgIpc) is 2.27. The van der Waals surface area contributed by atoms with Crippen LogP contribution in [0.25, 0.3) is 0 Å². The first kappa shape index (κ1) is 14.9. The fourth-order valence-electron chi connectivity index (χ4n) is 1.43. The first-order valence-corrected chi connectivity index (χ1v) is 5.93. The molecule has 0 radical (unpaired) electrons. The number of carbonyl (C=O) groups excluding carboxylic acids is 1. The molecule has 6 nitrogen and oxygen atoms in total. The maximum Gasteiger partial charge on any atom is 0.414 e. The molecule has 1 amide bonds. The number of aromatic carboxylic acids is 1.